The van der Waals surface area contributed by atoms with Crippen LogP contribution in [-0.4, -0.2) is 11.2 Å². The molecule has 0 heterocycles. The first kappa shape index (κ1) is 44.0. The Morgan fingerprint density at radius 2 is 0.580 bits per heavy atom. The van der Waals surface area contributed by atoms with Crippen molar-refractivity contribution in [1.29, 1.82) is 0 Å². The molecule has 50 heavy (non-hydrogen) atoms. The SMILES string of the molecule is OC(CCCCCCCC/C=C\CCCCCCCCc1ccccc1)CCCCCCCC/C=C\CCCCCCCCc1ccccc1. The number of aryl methyl sites for hydroxylation is 2. The smallest absolute Gasteiger partial charge is 0.0540 e. The van der Waals surface area contributed by atoms with Crippen molar-refractivity contribution >= 4 is 0 Å². The summed E-state index contributed by atoms with van der Waals surface area (Å²) in [6.45, 7) is 0. The van der Waals surface area contributed by atoms with Crippen LogP contribution in [0.1, 0.15) is 204 Å². The van der Waals surface area contributed by atoms with Crippen molar-refractivity contribution < 1.29 is 5.11 Å². The van der Waals surface area contributed by atoms with Crippen molar-refractivity contribution in [2.75, 3.05) is 0 Å². The van der Waals surface area contributed by atoms with E-state index in [1.54, 1.807) is 0 Å². The summed E-state index contributed by atoms with van der Waals surface area (Å²) in [6, 6.07) is 21.8. The first-order valence-electron chi connectivity index (χ1n) is 21.9. The molecule has 0 saturated carbocycles. The molecule has 0 atom stereocenters. The lowest BCUT2D eigenvalue weighted by Crippen LogP contribution is -2.05. The van der Waals surface area contributed by atoms with E-state index in [9.17, 15) is 5.11 Å². The molecule has 2 aromatic carbocycles. The summed E-state index contributed by atoms with van der Waals surface area (Å²) in [6.07, 6.45) is 51.5. The van der Waals surface area contributed by atoms with Crippen LogP contribution in [0.2, 0.25) is 0 Å². The lowest BCUT2D eigenvalue weighted by Gasteiger charge is -2.10. The number of hydrogen-bond acceptors (Lipinski definition) is 1. The van der Waals surface area contributed by atoms with Crippen LogP contribution in [0.4, 0.5) is 0 Å². The van der Waals surface area contributed by atoms with Gasteiger partial charge in [0.15, 0.2) is 0 Å². The summed E-state index contributed by atoms with van der Waals surface area (Å²) in [5, 5.41) is 10.4. The van der Waals surface area contributed by atoms with E-state index >= 15 is 0 Å². The second-order valence-electron chi connectivity index (χ2n) is 15.3. The van der Waals surface area contributed by atoms with Crippen LogP contribution < -0.4 is 0 Å². The summed E-state index contributed by atoms with van der Waals surface area (Å²) in [5.74, 6) is 0. The fourth-order valence-corrected chi connectivity index (χ4v) is 7.20. The molecule has 0 aromatic heterocycles. The average molecular weight is 685 g/mol. The minimum Gasteiger partial charge on any atom is -0.393 e. The molecule has 0 aliphatic rings. The highest BCUT2D eigenvalue weighted by Crippen LogP contribution is 2.16. The van der Waals surface area contributed by atoms with Gasteiger partial charge in [0.25, 0.3) is 0 Å². The van der Waals surface area contributed by atoms with Gasteiger partial charge in [0.1, 0.15) is 0 Å². The molecular weight excluding hydrogens is 605 g/mol. The van der Waals surface area contributed by atoms with E-state index in [0.29, 0.717) is 0 Å². The second-order valence-corrected chi connectivity index (χ2v) is 15.3. The van der Waals surface area contributed by atoms with E-state index in [1.165, 1.54) is 204 Å². The molecular formula is C49H80O. The normalized spacial score (nSPS) is 11.9. The molecule has 1 N–H and O–H groups in total. The molecule has 0 spiro atoms. The standard InChI is InChI=1S/C49H80O/c50-49(45-37-27-23-19-15-11-7-3-1-5-9-13-17-21-25-31-39-47-41-33-29-34-42-47)46-38-28-24-20-16-12-8-4-2-6-10-14-18-22-26-32-40-48-43-35-30-36-44-48/h1-4,29-30,33-36,41-44,49-50H,5-28,31-32,37-40,45-46H2/b3-1-,4-2-. The first-order valence-corrected chi connectivity index (χ1v) is 21.9. The molecule has 0 bridgehead atoms. The van der Waals surface area contributed by atoms with Crippen molar-refractivity contribution in [2.45, 2.75) is 212 Å². The molecule has 1 nitrogen and oxygen atoms in total. The molecule has 2 aromatic rings. The van der Waals surface area contributed by atoms with Gasteiger partial charge in [-0.05, 0) is 101 Å². The largest absolute Gasteiger partial charge is 0.393 e. The van der Waals surface area contributed by atoms with E-state index in [4.69, 9.17) is 0 Å². The molecule has 0 radical (unpaired) electrons. The molecule has 1 heteroatoms. The van der Waals surface area contributed by atoms with E-state index in [2.05, 4.69) is 85.0 Å². The van der Waals surface area contributed by atoms with Gasteiger partial charge in [-0.2, -0.15) is 0 Å². The Morgan fingerprint density at radius 3 is 0.900 bits per heavy atom. The van der Waals surface area contributed by atoms with Gasteiger partial charge < -0.3 is 5.11 Å². The Kier molecular flexibility index (Phi) is 31.1. The van der Waals surface area contributed by atoms with E-state index in [-0.39, 0.29) is 6.10 Å². The van der Waals surface area contributed by atoms with E-state index in [1.807, 2.05) is 0 Å². The predicted octanol–water partition coefficient (Wildman–Crippen LogP) is 15.6. The maximum atomic E-state index is 10.4. The van der Waals surface area contributed by atoms with Crippen LogP contribution in [0.15, 0.2) is 85.0 Å². The first-order chi connectivity index (χ1) is 24.8. The number of allylic oxidation sites excluding steroid dienone is 4. The number of aliphatic hydroxyl groups excluding tert-OH is 1. The summed E-state index contributed by atoms with van der Waals surface area (Å²) >= 11 is 0. The Morgan fingerprint density at radius 1 is 0.320 bits per heavy atom. The summed E-state index contributed by atoms with van der Waals surface area (Å²) in [4.78, 5) is 0. The zero-order valence-corrected chi connectivity index (χ0v) is 32.7. The number of hydrogen-bond donors (Lipinski definition) is 1. The molecule has 0 fully saturated rings. The van der Waals surface area contributed by atoms with Crippen LogP contribution in [0.3, 0.4) is 0 Å². The van der Waals surface area contributed by atoms with Gasteiger partial charge in [-0.25, -0.2) is 0 Å². The number of benzene rings is 2. The molecule has 2 rings (SSSR count). The van der Waals surface area contributed by atoms with Crippen molar-refractivity contribution in [1.82, 2.24) is 0 Å². The van der Waals surface area contributed by atoms with Gasteiger partial charge in [-0.3, -0.25) is 0 Å². The fourth-order valence-electron chi connectivity index (χ4n) is 7.20. The fraction of sp³-hybridized carbons (Fsp3) is 0.673. The van der Waals surface area contributed by atoms with Gasteiger partial charge in [0.05, 0.1) is 6.10 Å². The van der Waals surface area contributed by atoms with Crippen LogP contribution in [0.25, 0.3) is 0 Å². The molecule has 0 aliphatic carbocycles. The Balaban J connectivity index is 1.19. The predicted molar refractivity (Wildman–Crippen MR) is 223 cm³/mol. The number of aliphatic hydroxyl groups is 1. The quantitative estimate of drug-likeness (QED) is 0.0559. The lowest BCUT2D eigenvalue weighted by atomic mass is 10.0. The third-order valence-corrected chi connectivity index (χ3v) is 10.5. The van der Waals surface area contributed by atoms with Gasteiger partial charge in [-0.15, -0.1) is 0 Å². The van der Waals surface area contributed by atoms with E-state index < -0.39 is 0 Å². The summed E-state index contributed by atoms with van der Waals surface area (Å²) < 4.78 is 0. The van der Waals surface area contributed by atoms with Crippen molar-refractivity contribution in [3.05, 3.63) is 96.1 Å². The zero-order chi connectivity index (χ0) is 35.3. The molecule has 0 amide bonds. The molecule has 282 valence electrons. The summed E-state index contributed by atoms with van der Waals surface area (Å²) in [7, 11) is 0. The van der Waals surface area contributed by atoms with Crippen LogP contribution in [0, 0.1) is 0 Å². The minimum absolute atomic E-state index is 0.0652. The minimum atomic E-state index is -0.0652. The average Bonchev–Trinajstić information content (AvgIpc) is 3.14. The van der Waals surface area contributed by atoms with Crippen LogP contribution >= 0.6 is 0 Å². The Labute approximate surface area is 311 Å². The van der Waals surface area contributed by atoms with Crippen molar-refractivity contribution in [2.24, 2.45) is 0 Å². The lowest BCUT2D eigenvalue weighted by molar-refractivity contribution is 0.147. The van der Waals surface area contributed by atoms with Crippen LogP contribution in [-0.2, 0) is 12.8 Å². The highest BCUT2D eigenvalue weighted by molar-refractivity contribution is 5.15. The maximum absolute atomic E-state index is 10.4. The highest BCUT2D eigenvalue weighted by atomic mass is 16.3. The van der Waals surface area contributed by atoms with Crippen molar-refractivity contribution in [3.8, 4) is 0 Å². The topological polar surface area (TPSA) is 20.2 Å². The summed E-state index contributed by atoms with van der Waals surface area (Å²) in [5.41, 5.74) is 2.98. The third kappa shape index (κ3) is 29.6. The molecule has 0 aliphatic heterocycles. The number of unbranched alkanes of at least 4 members (excludes halogenated alkanes) is 24. The Hall–Kier alpha value is -2.12. The third-order valence-electron chi connectivity index (χ3n) is 10.5. The van der Waals surface area contributed by atoms with Gasteiger partial charge in [0.2, 0.25) is 0 Å². The second kappa shape index (κ2) is 35.3. The van der Waals surface area contributed by atoms with Gasteiger partial charge >= 0.3 is 0 Å². The monoisotopic (exact) mass is 685 g/mol. The molecule has 0 saturated heterocycles. The van der Waals surface area contributed by atoms with Gasteiger partial charge in [-0.1, -0.05) is 201 Å². The van der Waals surface area contributed by atoms with Gasteiger partial charge in [0, 0.05) is 0 Å². The molecule has 0 unspecified atom stereocenters. The number of rotatable bonds is 36. The maximum Gasteiger partial charge on any atom is 0.0540 e. The Bertz CT molecular complexity index is 911. The highest BCUT2D eigenvalue weighted by Gasteiger charge is 2.04. The zero-order valence-electron chi connectivity index (χ0n) is 32.7. The van der Waals surface area contributed by atoms with E-state index in [0.717, 1.165) is 12.8 Å². The van der Waals surface area contributed by atoms with Crippen molar-refractivity contribution in [3.63, 3.8) is 0 Å². The van der Waals surface area contributed by atoms with Crippen LogP contribution in [0.5, 0.6) is 0 Å².